The number of hydrogen-bond acceptors (Lipinski definition) is 2. The van der Waals surface area contributed by atoms with Crippen LogP contribution >= 0.6 is 0 Å². The molecule has 0 unspecified atom stereocenters. The second-order valence-corrected chi connectivity index (χ2v) is 1.70. The maximum atomic E-state index is 11.4. The topological polar surface area (TPSA) is 24.1 Å². The molecular weight excluding hydrogens is 126 g/mol. The van der Waals surface area contributed by atoms with Crippen molar-refractivity contribution in [3.63, 3.8) is 0 Å². The van der Waals surface area contributed by atoms with Gasteiger partial charge in [-0.1, -0.05) is 0 Å². The van der Waals surface area contributed by atoms with Crippen molar-refractivity contribution in [2.45, 2.75) is 6.43 Å². The molecule has 4 heteroatoms. The first-order valence-corrected chi connectivity index (χ1v) is 2.91. The Hall–Kier alpha value is -0.220. The summed E-state index contributed by atoms with van der Waals surface area (Å²) in [5, 5.41) is 5.41. The number of halogens is 2. The van der Waals surface area contributed by atoms with Crippen LogP contribution in [0.3, 0.4) is 0 Å². The molecule has 0 aliphatic rings. The second-order valence-electron chi connectivity index (χ2n) is 1.70. The van der Waals surface area contributed by atoms with Crippen LogP contribution < -0.4 is 10.6 Å². The Morgan fingerprint density at radius 1 is 1.33 bits per heavy atom. The van der Waals surface area contributed by atoms with E-state index in [4.69, 9.17) is 0 Å². The third kappa shape index (κ3) is 7.78. The molecule has 0 fully saturated rings. The van der Waals surface area contributed by atoms with Gasteiger partial charge in [0.25, 0.3) is 6.43 Å². The Balaban J connectivity index is 2.75. The number of hydrogen-bond donors (Lipinski definition) is 2. The summed E-state index contributed by atoms with van der Waals surface area (Å²) in [6, 6.07) is 0. The second kappa shape index (κ2) is 5.91. The van der Waals surface area contributed by atoms with Gasteiger partial charge in [0.1, 0.15) is 0 Å². The van der Waals surface area contributed by atoms with Gasteiger partial charge < -0.3 is 10.6 Å². The summed E-state index contributed by atoms with van der Waals surface area (Å²) in [5.41, 5.74) is 0. The molecule has 0 saturated heterocycles. The minimum absolute atomic E-state index is 0.207. The molecule has 0 rings (SSSR count). The highest BCUT2D eigenvalue weighted by Crippen LogP contribution is 1.85. The summed E-state index contributed by atoms with van der Waals surface area (Å²) >= 11 is 0. The molecule has 0 spiro atoms. The van der Waals surface area contributed by atoms with Crippen LogP contribution in [0, 0.1) is 0 Å². The fourth-order valence-corrected chi connectivity index (χ4v) is 0.425. The van der Waals surface area contributed by atoms with Crippen LogP contribution in [0.15, 0.2) is 0 Å². The lowest BCUT2D eigenvalue weighted by Crippen LogP contribution is -2.28. The Labute approximate surface area is 53.6 Å². The molecule has 0 aromatic carbocycles. The summed E-state index contributed by atoms with van der Waals surface area (Å²) in [5.74, 6) is 0. The molecule has 0 atom stereocenters. The summed E-state index contributed by atoms with van der Waals surface area (Å²) in [6.07, 6.45) is -2.23. The van der Waals surface area contributed by atoms with Gasteiger partial charge in [0.05, 0.1) is 6.54 Å². The summed E-state index contributed by atoms with van der Waals surface area (Å²) < 4.78 is 22.8. The van der Waals surface area contributed by atoms with E-state index in [9.17, 15) is 8.78 Å². The third-order valence-electron chi connectivity index (χ3n) is 0.850. The Kier molecular flexibility index (Phi) is 5.76. The van der Waals surface area contributed by atoms with Gasteiger partial charge in [-0.05, 0) is 7.05 Å². The first kappa shape index (κ1) is 8.78. The average molecular weight is 138 g/mol. The monoisotopic (exact) mass is 138 g/mol. The SMILES string of the molecule is CNCCNCC(F)F. The molecule has 0 saturated carbocycles. The van der Waals surface area contributed by atoms with Crippen LogP contribution in [0.2, 0.25) is 0 Å². The highest BCUT2D eigenvalue weighted by molar-refractivity contribution is 4.49. The molecule has 2 nitrogen and oxygen atoms in total. The van der Waals surface area contributed by atoms with E-state index in [0.717, 1.165) is 6.54 Å². The molecule has 0 bridgehead atoms. The van der Waals surface area contributed by atoms with Crippen LogP contribution in [-0.4, -0.2) is 33.1 Å². The van der Waals surface area contributed by atoms with E-state index in [1.165, 1.54) is 0 Å². The number of nitrogens with one attached hydrogen (secondary N) is 2. The molecule has 0 aliphatic carbocycles. The van der Waals surface area contributed by atoms with Crippen molar-refractivity contribution in [1.29, 1.82) is 0 Å². The Morgan fingerprint density at radius 3 is 2.44 bits per heavy atom. The Morgan fingerprint density at radius 2 is 2.00 bits per heavy atom. The molecule has 0 aromatic rings. The van der Waals surface area contributed by atoms with Gasteiger partial charge in [-0.25, -0.2) is 8.78 Å². The van der Waals surface area contributed by atoms with E-state index in [1.54, 1.807) is 7.05 Å². The quantitative estimate of drug-likeness (QED) is 0.525. The van der Waals surface area contributed by atoms with Crippen LogP contribution in [-0.2, 0) is 0 Å². The van der Waals surface area contributed by atoms with E-state index in [0.29, 0.717) is 6.54 Å². The van der Waals surface area contributed by atoms with Gasteiger partial charge in [-0.2, -0.15) is 0 Å². The Bertz CT molecular complexity index is 58.9. The molecule has 0 aliphatic heterocycles. The fourth-order valence-electron chi connectivity index (χ4n) is 0.425. The normalized spacial score (nSPS) is 10.7. The largest absolute Gasteiger partial charge is 0.318 e. The lowest BCUT2D eigenvalue weighted by Gasteiger charge is -2.01. The zero-order valence-corrected chi connectivity index (χ0v) is 5.45. The van der Waals surface area contributed by atoms with Crippen molar-refractivity contribution >= 4 is 0 Å². The molecule has 0 radical (unpaired) electrons. The first-order chi connectivity index (χ1) is 4.27. The standard InChI is InChI=1S/C5H12F2N2/c1-8-2-3-9-4-5(6)7/h5,8-9H,2-4H2,1H3. The molecule has 56 valence electrons. The molecule has 2 N–H and O–H groups in total. The zero-order chi connectivity index (χ0) is 7.11. The van der Waals surface area contributed by atoms with Gasteiger partial charge in [-0.3, -0.25) is 0 Å². The van der Waals surface area contributed by atoms with Gasteiger partial charge in [0.15, 0.2) is 0 Å². The molecule has 9 heavy (non-hydrogen) atoms. The van der Waals surface area contributed by atoms with Crippen LogP contribution in [0.25, 0.3) is 0 Å². The van der Waals surface area contributed by atoms with Crippen molar-refractivity contribution in [3.05, 3.63) is 0 Å². The number of alkyl halides is 2. The minimum Gasteiger partial charge on any atom is -0.318 e. The summed E-state index contributed by atoms with van der Waals surface area (Å²) in [6.45, 7) is 1.12. The number of likely N-dealkylation sites (N-methyl/N-ethyl adjacent to an activating group) is 1. The van der Waals surface area contributed by atoms with Crippen LogP contribution in [0.4, 0.5) is 8.78 Å². The zero-order valence-electron chi connectivity index (χ0n) is 5.45. The molecular formula is C5H12F2N2. The highest BCUT2D eigenvalue weighted by Gasteiger charge is 1.98. The van der Waals surface area contributed by atoms with Crippen LogP contribution in [0.5, 0.6) is 0 Å². The molecule has 0 aromatic heterocycles. The lowest BCUT2D eigenvalue weighted by atomic mass is 10.6. The maximum absolute atomic E-state index is 11.4. The predicted molar refractivity (Wildman–Crippen MR) is 32.8 cm³/mol. The lowest BCUT2D eigenvalue weighted by molar-refractivity contribution is 0.146. The third-order valence-corrected chi connectivity index (χ3v) is 0.850. The van der Waals surface area contributed by atoms with E-state index >= 15 is 0 Å². The average Bonchev–Trinajstić information content (AvgIpc) is 1.80. The smallest absolute Gasteiger partial charge is 0.250 e. The van der Waals surface area contributed by atoms with Gasteiger partial charge in [0.2, 0.25) is 0 Å². The maximum Gasteiger partial charge on any atom is 0.250 e. The van der Waals surface area contributed by atoms with E-state index < -0.39 is 6.43 Å². The van der Waals surface area contributed by atoms with Gasteiger partial charge in [0, 0.05) is 13.1 Å². The highest BCUT2D eigenvalue weighted by atomic mass is 19.3. The van der Waals surface area contributed by atoms with E-state index in [-0.39, 0.29) is 6.54 Å². The van der Waals surface area contributed by atoms with Crippen molar-refractivity contribution in [1.82, 2.24) is 10.6 Å². The van der Waals surface area contributed by atoms with Crippen molar-refractivity contribution in [2.75, 3.05) is 26.7 Å². The fraction of sp³-hybridized carbons (Fsp3) is 1.00. The predicted octanol–water partition coefficient (Wildman–Crippen LogP) is 0.0605. The minimum atomic E-state index is -2.23. The van der Waals surface area contributed by atoms with Crippen LogP contribution in [0.1, 0.15) is 0 Å². The summed E-state index contributed by atoms with van der Waals surface area (Å²) in [7, 11) is 1.78. The molecule has 0 heterocycles. The molecule has 0 amide bonds. The van der Waals surface area contributed by atoms with Crippen molar-refractivity contribution in [3.8, 4) is 0 Å². The van der Waals surface area contributed by atoms with Crippen molar-refractivity contribution in [2.24, 2.45) is 0 Å². The van der Waals surface area contributed by atoms with Gasteiger partial charge in [-0.15, -0.1) is 0 Å². The van der Waals surface area contributed by atoms with E-state index in [1.807, 2.05) is 0 Å². The van der Waals surface area contributed by atoms with Crippen molar-refractivity contribution < 1.29 is 8.78 Å². The van der Waals surface area contributed by atoms with E-state index in [2.05, 4.69) is 10.6 Å². The first-order valence-electron chi connectivity index (χ1n) is 2.91. The summed E-state index contributed by atoms with van der Waals surface area (Å²) in [4.78, 5) is 0. The number of rotatable bonds is 5. The van der Waals surface area contributed by atoms with Gasteiger partial charge >= 0.3 is 0 Å².